The lowest BCUT2D eigenvalue weighted by atomic mass is 10.2. The Morgan fingerprint density at radius 3 is 1.93 bits per heavy atom. The highest BCUT2D eigenvalue weighted by Gasteiger charge is 2.22. The molecule has 1 aliphatic rings. The van der Waals surface area contributed by atoms with Crippen molar-refractivity contribution in [2.45, 2.75) is 33.4 Å². The molecule has 3 aromatic rings. The van der Waals surface area contributed by atoms with Crippen molar-refractivity contribution in [1.82, 2.24) is 5.32 Å². The Labute approximate surface area is 183 Å². The van der Waals surface area contributed by atoms with Crippen molar-refractivity contribution in [2.75, 3.05) is 31.1 Å². The molecule has 1 fully saturated rings. The van der Waals surface area contributed by atoms with Gasteiger partial charge in [-0.2, -0.15) is 0 Å². The monoisotopic (exact) mass is 438 g/mol. The third-order valence-corrected chi connectivity index (χ3v) is 8.54. The molecular formula is C24H26N2O2S2. The van der Waals surface area contributed by atoms with E-state index in [1.165, 1.54) is 0 Å². The molecular weight excluding hydrogens is 412 g/mol. The lowest BCUT2D eigenvalue weighted by molar-refractivity contribution is 0.586. The van der Waals surface area contributed by atoms with Gasteiger partial charge < -0.3 is 10.2 Å². The van der Waals surface area contributed by atoms with Crippen molar-refractivity contribution in [3.8, 4) is 0 Å². The summed E-state index contributed by atoms with van der Waals surface area (Å²) in [6.45, 7) is 7.58. The van der Waals surface area contributed by atoms with Crippen LogP contribution in [0, 0.1) is 13.8 Å². The van der Waals surface area contributed by atoms with E-state index in [-0.39, 0.29) is 0 Å². The third kappa shape index (κ3) is 4.26. The second-order valence-electron chi connectivity index (χ2n) is 7.46. The van der Waals surface area contributed by atoms with Crippen molar-refractivity contribution in [2.24, 2.45) is 0 Å². The quantitative estimate of drug-likeness (QED) is 0.653. The van der Waals surface area contributed by atoms with Gasteiger partial charge >= 0.3 is 0 Å². The number of anilines is 1. The van der Waals surface area contributed by atoms with E-state index >= 15 is 0 Å². The topological polar surface area (TPSA) is 49.4 Å². The summed E-state index contributed by atoms with van der Waals surface area (Å²) in [6.07, 6.45) is 0. The summed E-state index contributed by atoms with van der Waals surface area (Å²) >= 11 is 0. The van der Waals surface area contributed by atoms with Crippen LogP contribution in [-0.2, 0) is 21.6 Å². The molecule has 0 amide bonds. The van der Waals surface area contributed by atoms with Crippen LogP contribution in [0.15, 0.2) is 86.3 Å². The first-order valence-electron chi connectivity index (χ1n) is 10.1. The second kappa shape index (κ2) is 9.25. The summed E-state index contributed by atoms with van der Waals surface area (Å²) in [5, 5.41) is 3.36. The predicted octanol–water partition coefficient (Wildman–Crippen LogP) is 4.05. The maximum absolute atomic E-state index is 13.7. The van der Waals surface area contributed by atoms with Crippen LogP contribution in [0.4, 0.5) is 5.69 Å². The van der Waals surface area contributed by atoms with Gasteiger partial charge in [0.1, 0.15) is 0 Å². The number of hydrogen-bond donors (Lipinski definition) is 1. The van der Waals surface area contributed by atoms with E-state index in [4.69, 9.17) is 0 Å². The number of aryl methyl sites for hydroxylation is 2. The molecule has 0 aromatic heterocycles. The van der Waals surface area contributed by atoms with Gasteiger partial charge in [0, 0.05) is 31.1 Å². The molecule has 3 aromatic carbocycles. The molecule has 2 unspecified atom stereocenters. The van der Waals surface area contributed by atoms with Crippen LogP contribution < -0.4 is 10.2 Å². The fourth-order valence-corrected chi connectivity index (χ4v) is 6.75. The predicted molar refractivity (Wildman–Crippen MR) is 123 cm³/mol. The van der Waals surface area contributed by atoms with Crippen molar-refractivity contribution in [3.63, 3.8) is 0 Å². The number of benzene rings is 3. The number of nitrogens with zero attached hydrogens (tertiary/aromatic N) is 1. The first-order chi connectivity index (χ1) is 14.6. The molecule has 4 nitrogen and oxygen atoms in total. The molecule has 0 saturated carbocycles. The second-order valence-corrected chi connectivity index (χ2v) is 10.3. The zero-order valence-electron chi connectivity index (χ0n) is 17.3. The molecule has 1 saturated heterocycles. The minimum absolute atomic E-state index is 0.609. The molecule has 4 rings (SSSR count). The largest absolute Gasteiger partial charge is 0.368 e. The van der Waals surface area contributed by atoms with Gasteiger partial charge in [-0.15, -0.1) is 0 Å². The van der Waals surface area contributed by atoms with Crippen molar-refractivity contribution in [1.29, 1.82) is 0 Å². The Morgan fingerprint density at radius 2 is 1.30 bits per heavy atom. The van der Waals surface area contributed by atoms with Crippen LogP contribution in [0.25, 0.3) is 0 Å². The summed E-state index contributed by atoms with van der Waals surface area (Å²) in [5.41, 5.74) is 3.11. The van der Waals surface area contributed by atoms with Gasteiger partial charge in [-0.1, -0.05) is 42.0 Å². The van der Waals surface area contributed by atoms with Crippen LogP contribution in [-0.4, -0.2) is 34.6 Å². The fraction of sp³-hybridized carbons (Fsp3) is 0.250. The van der Waals surface area contributed by atoms with E-state index < -0.39 is 21.6 Å². The van der Waals surface area contributed by atoms with E-state index in [1.807, 2.05) is 80.6 Å². The van der Waals surface area contributed by atoms with Crippen LogP contribution in [0.3, 0.4) is 0 Å². The fourth-order valence-electron chi connectivity index (χ4n) is 3.78. The van der Waals surface area contributed by atoms with Gasteiger partial charge in [0.05, 0.1) is 42.0 Å². The summed E-state index contributed by atoms with van der Waals surface area (Å²) in [5.74, 6) is 0. The van der Waals surface area contributed by atoms with Gasteiger partial charge in [0.25, 0.3) is 0 Å². The van der Waals surface area contributed by atoms with Crippen LogP contribution in [0.2, 0.25) is 0 Å². The number of para-hydroxylation sites is 1. The Bertz CT molecular complexity index is 1110. The smallest absolute Gasteiger partial charge is 0.0883 e. The molecule has 156 valence electrons. The van der Waals surface area contributed by atoms with Crippen molar-refractivity contribution >= 4 is 27.3 Å². The molecule has 0 aliphatic carbocycles. The van der Waals surface area contributed by atoms with E-state index in [0.29, 0.717) is 9.79 Å². The highest BCUT2D eigenvalue weighted by molar-refractivity contribution is 7.88. The van der Waals surface area contributed by atoms with Crippen molar-refractivity contribution < 1.29 is 8.42 Å². The Balaban J connectivity index is 1.74. The maximum Gasteiger partial charge on any atom is 0.0883 e. The van der Waals surface area contributed by atoms with E-state index in [1.54, 1.807) is 0 Å². The average molecular weight is 439 g/mol. The minimum atomic E-state index is -1.43. The molecule has 6 heteroatoms. The molecule has 2 atom stereocenters. The zero-order valence-corrected chi connectivity index (χ0v) is 18.9. The highest BCUT2D eigenvalue weighted by atomic mass is 32.2. The van der Waals surface area contributed by atoms with Crippen molar-refractivity contribution in [3.05, 3.63) is 77.9 Å². The van der Waals surface area contributed by atoms with Gasteiger partial charge in [0.15, 0.2) is 0 Å². The lowest BCUT2D eigenvalue weighted by Gasteiger charge is -2.31. The standard InChI is InChI=1S/C24H26N2O2S2/c1-18-11-12-21(19(2)17-18)29(27)23-9-5-6-10-24(23)30(28)22-8-4-3-7-20(22)26-15-13-25-14-16-26/h3-12,17,25H,13-16H2,1-2H3. The summed E-state index contributed by atoms with van der Waals surface area (Å²) < 4.78 is 27.2. The normalized spacial score (nSPS) is 16.3. The third-order valence-electron chi connectivity index (χ3n) is 5.30. The molecule has 0 bridgehead atoms. The van der Waals surface area contributed by atoms with Gasteiger partial charge in [0.2, 0.25) is 0 Å². The molecule has 1 aliphatic heterocycles. The molecule has 30 heavy (non-hydrogen) atoms. The van der Waals surface area contributed by atoms with Gasteiger partial charge in [-0.05, 0) is 49.7 Å². The molecule has 0 spiro atoms. The first kappa shape index (κ1) is 21.0. The van der Waals surface area contributed by atoms with Gasteiger partial charge in [-0.3, -0.25) is 0 Å². The summed E-state index contributed by atoms with van der Waals surface area (Å²) in [6, 6.07) is 21.2. The first-order valence-corrected chi connectivity index (χ1v) is 12.4. The lowest BCUT2D eigenvalue weighted by Crippen LogP contribution is -2.43. The van der Waals surface area contributed by atoms with E-state index in [9.17, 15) is 8.42 Å². The van der Waals surface area contributed by atoms with Crippen LogP contribution in [0.5, 0.6) is 0 Å². The maximum atomic E-state index is 13.7. The Morgan fingerprint density at radius 1 is 0.733 bits per heavy atom. The minimum Gasteiger partial charge on any atom is -0.368 e. The summed E-state index contributed by atoms with van der Waals surface area (Å²) in [4.78, 5) is 5.02. The van der Waals surface area contributed by atoms with E-state index in [2.05, 4.69) is 10.2 Å². The van der Waals surface area contributed by atoms with E-state index in [0.717, 1.165) is 52.8 Å². The number of nitrogens with one attached hydrogen (secondary N) is 1. The van der Waals surface area contributed by atoms with Crippen LogP contribution >= 0.6 is 0 Å². The zero-order chi connectivity index (χ0) is 21.1. The highest BCUT2D eigenvalue weighted by Crippen LogP contribution is 2.32. The Kier molecular flexibility index (Phi) is 6.46. The molecule has 1 heterocycles. The SMILES string of the molecule is Cc1ccc(S(=O)c2ccccc2S(=O)c2ccccc2N2CCNCC2)c(C)c1. The van der Waals surface area contributed by atoms with Crippen LogP contribution in [0.1, 0.15) is 11.1 Å². The number of piperazine rings is 1. The molecule has 1 N–H and O–H groups in total. The summed E-state index contributed by atoms with van der Waals surface area (Å²) in [7, 11) is -2.83. The number of hydrogen-bond acceptors (Lipinski definition) is 4. The molecule has 0 radical (unpaired) electrons. The average Bonchev–Trinajstić information content (AvgIpc) is 2.79. The van der Waals surface area contributed by atoms with Gasteiger partial charge in [-0.25, -0.2) is 8.42 Å². The Hall–Kier alpha value is -2.28. The number of rotatable bonds is 5.